The van der Waals surface area contributed by atoms with Crippen LogP contribution in [0.2, 0.25) is 0 Å². The first-order chi connectivity index (χ1) is 14.0. The fourth-order valence-corrected chi connectivity index (χ4v) is 5.27. The summed E-state index contributed by atoms with van der Waals surface area (Å²) in [5.74, 6) is 0.262. The quantitative estimate of drug-likeness (QED) is 0.376. The number of benzene rings is 1. The highest BCUT2D eigenvalue weighted by atomic mass is 32.2. The average molecular weight is 431 g/mol. The predicted octanol–water partition coefficient (Wildman–Crippen LogP) is 5.62. The molecule has 1 aromatic carbocycles. The van der Waals surface area contributed by atoms with Gasteiger partial charge in [0, 0.05) is 18.7 Å². The SMILES string of the molecule is CCCC[C@H](CC)CN1C(=O)/C(=C2/C(=O)N(CCCC)c3ccccc32)SC1=S. The molecule has 0 N–H and O–H groups in total. The second kappa shape index (κ2) is 9.90. The van der Waals surface area contributed by atoms with Crippen LogP contribution >= 0.6 is 24.0 Å². The molecule has 2 aliphatic heterocycles. The number of nitrogens with zero attached hydrogens (tertiary/aromatic N) is 2. The number of thioether (sulfide) groups is 1. The van der Waals surface area contributed by atoms with E-state index in [1.54, 1.807) is 4.90 Å². The Morgan fingerprint density at radius 1 is 1.00 bits per heavy atom. The molecule has 1 fully saturated rings. The summed E-state index contributed by atoms with van der Waals surface area (Å²) in [6.45, 7) is 7.78. The van der Waals surface area contributed by atoms with Crippen molar-refractivity contribution < 1.29 is 9.59 Å². The molecule has 1 aromatic rings. The minimum Gasteiger partial charge on any atom is -0.308 e. The standard InChI is InChI=1S/C23H30N2O2S2/c1-4-7-11-16(6-3)15-25-22(27)20(29-23(25)28)19-17-12-9-10-13-18(17)24(21(19)26)14-8-5-2/h9-10,12-13,16H,4-8,11,14-15H2,1-3H3/b20-19-/t16-/m0/s1. The molecule has 29 heavy (non-hydrogen) atoms. The van der Waals surface area contributed by atoms with Gasteiger partial charge in [-0.15, -0.1) is 0 Å². The maximum atomic E-state index is 13.3. The molecule has 0 radical (unpaired) electrons. The molecule has 1 atom stereocenters. The molecular formula is C23H30N2O2S2. The van der Waals surface area contributed by atoms with Crippen LogP contribution in [-0.2, 0) is 9.59 Å². The third-order valence-corrected chi connectivity index (χ3v) is 7.17. The van der Waals surface area contributed by atoms with Gasteiger partial charge in [0.1, 0.15) is 4.32 Å². The maximum absolute atomic E-state index is 13.3. The first kappa shape index (κ1) is 22.0. The number of rotatable bonds is 9. The monoisotopic (exact) mass is 430 g/mol. The van der Waals surface area contributed by atoms with Crippen LogP contribution in [0.5, 0.6) is 0 Å². The molecule has 156 valence electrons. The molecule has 3 rings (SSSR count). The van der Waals surface area contributed by atoms with Gasteiger partial charge in [0.05, 0.1) is 16.2 Å². The van der Waals surface area contributed by atoms with Crippen molar-refractivity contribution in [3.63, 3.8) is 0 Å². The second-order valence-corrected chi connectivity index (χ2v) is 9.38. The zero-order valence-electron chi connectivity index (χ0n) is 17.6. The van der Waals surface area contributed by atoms with Crippen molar-refractivity contribution in [1.29, 1.82) is 0 Å². The number of hydrogen-bond donors (Lipinski definition) is 0. The molecule has 6 heteroatoms. The summed E-state index contributed by atoms with van der Waals surface area (Å²) in [5, 5.41) is 0. The first-order valence-corrected chi connectivity index (χ1v) is 11.9. The molecule has 0 spiro atoms. The number of fused-ring (bicyclic) bond motifs is 1. The van der Waals surface area contributed by atoms with Crippen LogP contribution < -0.4 is 4.90 Å². The van der Waals surface area contributed by atoms with Gasteiger partial charge < -0.3 is 4.90 Å². The van der Waals surface area contributed by atoms with Crippen LogP contribution in [0, 0.1) is 5.92 Å². The van der Waals surface area contributed by atoms with E-state index in [2.05, 4.69) is 20.8 Å². The molecule has 4 nitrogen and oxygen atoms in total. The Bertz CT molecular complexity index is 834. The van der Waals surface area contributed by atoms with Gasteiger partial charge in [0.2, 0.25) is 0 Å². The number of carbonyl (C=O) groups is 2. The molecular weight excluding hydrogens is 400 g/mol. The summed E-state index contributed by atoms with van der Waals surface area (Å²) in [6, 6.07) is 7.78. The van der Waals surface area contributed by atoms with Gasteiger partial charge in [-0.2, -0.15) is 0 Å². The van der Waals surface area contributed by atoms with E-state index in [1.807, 2.05) is 29.2 Å². The summed E-state index contributed by atoms with van der Waals surface area (Å²) >= 11 is 6.84. The third kappa shape index (κ3) is 4.43. The van der Waals surface area contributed by atoms with Crippen molar-refractivity contribution in [2.75, 3.05) is 18.0 Å². The van der Waals surface area contributed by atoms with E-state index in [-0.39, 0.29) is 11.8 Å². The topological polar surface area (TPSA) is 40.6 Å². The second-order valence-electron chi connectivity index (χ2n) is 7.73. The van der Waals surface area contributed by atoms with Gasteiger partial charge in [-0.1, -0.05) is 88.6 Å². The van der Waals surface area contributed by atoms with E-state index in [1.165, 1.54) is 11.8 Å². The number of hydrogen-bond acceptors (Lipinski definition) is 4. The van der Waals surface area contributed by atoms with Gasteiger partial charge in [0.15, 0.2) is 0 Å². The molecule has 2 amide bonds. The first-order valence-electron chi connectivity index (χ1n) is 10.7. The van der Waals surface area contributed by atoms with Gasteiger partial charge in [-0.25, -0.2) is 0 Å². The summed E-state index contributed by atoms with van der Waals surface area (Å²) in [4.78, 5) is 30.6. The van der Waals surface area contributed by atoms with E-state index in [4.69, 9.17) is 12.2 Å². The Hall–Kier alpha value is -1.66. The largest absolute Gasteiger partial charge is 0.308 e. The third-order valence-electron chi connectivity index (χ3n) is 5.72. The zero-order chi connectivity index (χ0) is 21.0. The van der Waals surface area contributed by atoms with Crippen LogP contribution in [0.4, 0.5) is 5.69 Å². The molecule has 0 saturated carbocycles. The fourth-order valence-electron chi connectivity index (χ4n) is 3.92. The fraction of sp³-hybridized carbons (Fsp3) is 0.522. The minimum atomic E-state index is -0.106. The molecule has 0 unspecified atom stereocenters. The number of unbranched alkanes of at least 4 members (excludes halogenated alkanes) is 2. The Kier molecular flexibility index (Phi) is 7.52. The van der Waals surface area contributed by atoms with Gasteiger partial charge in [-0.05, 0) is 24.8 Å². The van der Waals surface area contributed by atoms with E-state index >= 15 is 0 Å². The number of anilines is 1. The van der Waals surface area contributed by atoms with Crippen molar-refractivity contribution in [2.45, 2.75) is 59.3 Å². The maximum Gasteiger partial charge on any atom is 0.267 e. The van der Waals surface area contributed by atoms with Crippen molar-refractivity contribution >= 4 is 51.4 Å². The van der Waals surface area contributed by atoms with Crippen molar-refractivity contribution in [3.8, 4) is 0 Å². The average Bonchev–Trinajstić information content (AvgIpc) is 3.16. The zero-order valence-corrected chi connectivity index (χ0v) is 19.2. The van der Waals surface area contributed by atoms with Crippen LogP contribution in [-0.4, -0.2) is 34.1 Å². The molecule has 1 saturated heterocycles. The Morgan fingerprint density at radius 2 is 1.72 bits per heavy atom. The molecule has 0 aliphatic carbocycles. The van der Waals surface area contributed by atoms with Gasteiger partial charge in [-0.3, -0.25) is 14.5 Å². The van der Waals surface area contributed by atoms with Crippen LogP contribution in [0.25, 0.3) is 5.57 Å². The summed E-state index contributed by atoms with van der Waals surface area (Å²) < 4.78 is 0.574. The van der Waals surface area contributed by atoms with Crippen LogP contribution in [0.15, 0.2) is 29.2 Å². The van der Waals surface area contributed by atoms with Crippen molar-refractivity contribution in [3.05, 3.63) is 34.7 Å². The molecule has 0 aromatic heterocycles. The van der Waals surface area contributed by atoms with E-state index in [9.17, 15) is 9.59 Å². The molecule has 2 heterocycles. The Balaban J connectivity index is 1.92. The van der Waals surface area contributed by atoms with Gasteiger partial charge in [0.25, 0.3) is 11.8 Å². The minimum absolute atomic E-state index is 0.0711. The summed E-state index contributed by atoms with van der Waals surface area (Å²) in [6.07, 6.45) is 6.38. The van der Waals surface area contributed by atoms with Crippen molar-refractivity contribution in [2.24, 2.45) is 5.92 Å². The highest BCUT2D eigenvalue weighted by Gasteiger charge is 2.42. The highest BCUT2D eigenvalue weighted by molar-refractivity contribution is 8.26. The molecule has 0 bridgehead atoms. The number of thiocarbonyl (C=S) groups is 1. The number of amides is 2. The highest BCUT2D eigenvalue weighted by Crippen LogP contribution is 2.44. The lowest BCUT2D eigenvalue weighted by molar-refractivity contribution is -0.123. The summed E-state index contributed by atoms with van der Waals surface area (Å²) in [5.41, 5.74) is 2.28. The van der Waals surface area contributed by atoms with Crippen LogP contribution in [0.3, 0.4) is 0 Å². The summed E-state index contributed by atoms with van der Waals surface area (Å²) in [7, 11) is 0. The van der Waals surface area contributed by atoms with Crippen molar-refractivity contribution in [1.82, 2.24) is 4.90 Å². The van der Waals surface area contributed by atoms with E-state index < -0.39 is 0 Å². The lowest BCUT2D eigenvalue weighted by Gasteiger charge is -2.21. The normalized spacial score (nSPS) is 20.0. The van der Waals surface area contributed by atoms with E-state index in [0.29, 0.717) is 33.8 Å². The lowest BCUT2D eigenvalue weighted by atomic mass is 9.98. The van der Waals surface area contributed by atoms with Crippen LogP contribution in [0.1, 0.15) is 64.9 Å². The predicted molar refractivity (Wildman–Crippen MR) is 126 cm³/mol. The lowest BCUT2D eigenvalue weighted by Crippen LogP contribution is -2.33. The number of para-hydroxylation sites is 1. The van der Waals surface area contributed by atoms with Gasteiger partial charge >= 0.3 is 0 Å². The smallest absolute Gasteiger partial charge is 0.267 e. The van der Waals surface area contributed by atoms with E-state index in [0.717, 1.165) is 49.8 Å². The number of carbonyl (C=O) groups excluding carboxylic acids is 2. The molecule has 2 aliphatic rings. The Labute approximate surface area is 183 Å². The Morgan fingerprint density at radius 3 is 2.41 bits per heavy atom.